The molecule has 3 heterocycles. The van der Waals surface area contributed by atoms with Crippen molar-refractivity contribution in [3.05, 3.63) is 217 Å². The lowest BCUT2D eigenvalue weighted by Gasteiger charge is -2.19. The molecule has 12 aromatic rings. The van der Waals surface area contributed by atoms with Crippen LogP contribution in [0.4, 0.5) is 0 Å². The molecule has 0 atom stereocenters. The van der Waals surface area contributed by atoms with Crippen molar-refractivity contribution in [3.8, 4) is 39.5 Å². The largest absolute Gasteiger partial charge is 0.313 e. The van der Waals surface area contributed by atoms with E-state index < -0.39 is 0 Å². The summed E-state index contributed by atoms with van der Waals surface area (Å²) in [6, 6.07) is 70.7. The van der Waals surface area contributed by atoms with Crippen molar-refractivity contribution in [2.75, 3.05) is 0 Å². The van der Waals surface area contributed by atoms with Crippen LogP contribution in [-0.4, -0.2) is 14.5 Å². The Morgan fingerprint density at radius 2 is 1.03 bits per heavy atom. The highest BCUT2D eigenvalue weighted by molar-refractivity contribution is 7.26. The topological polar surface area (TPSA) is 30.7 Å². The van der Waals surface area contributed by atoms with Crippen molar-refractivity contribution in [1.29, 1.82) is 0 Å². The molecule has 0 bridgehead atoms. The van der Waals surface area contributed by atoms with Crippen LogP contribution in [0.15, 0.2) is 200 Å². The third-order valence-corrected chi connectivity index (χ3v) is 14.0. The summed E-state index contributed by atoms with van der Waals surface area (Å²) in [6.45, 7) is 0. The smallest absolute Gasteiger partial charge is 0.160 e. The molecule has 290 valence electrons. The van der Waals surface area contributed by atoms with Crippen LogP contribution in [-0.2, 0) is 6.42 Å². The maximum Gasteiger partial charge on any atom is 0.160 e. The van der Waals surface area contributed by atoms with Crippen LogP contribution >= 0.6 is 11.3 Å². The highest BCUT2D eigenvalue weighted by atomic mass is 32.1. The number of hydrogen-bond donors (Lipinski definition) is 0. The Labute approximate surface area is 362 Å². The number of aromatic nitrogens is 3. The molecule has 0 unspecified atom stereocenters. The molecule has 1 aliphatic carbocycles. The average Bonchev–Trinajstić information content (AvgIpc) is 3.90. The monoisotopic (exact) mass is 807 g/mol. The molecule has 0 saturated carbocycles. The lowest BCUT2D eigenvalue weighted by molar-refractivity contribution is 0.884. The first-order valence-corrected chi connectivity index (χ1v) is 22.2. The quantitative estimate of drug-likeness (QED) is 0.162. The van der Waals surface area contributed by atoms with Crippen molar-refractivity contribution >= 4 is 80.4 Å². The summed E-state index contributed by atoms with van der Waals surface area (Å²) < 4.78 is 4.84. The van der Waals surface area contributed by atoms with Gasteiger partial charge in [0.1, 0.15) is 0 Å². The number of thiophene rings is 1. The Morgan fingerprint density at radius 1 is 0.435 bits per heavy atom. The van der Waals surface area contributed by atoms with Gasteiger partial charge in [-0.25, -0.2) is 9.97 Å². The number of allylic oxidation sites excluding steroid dienone is 1. The molecule has 0 fully saturated rings. The third kappa shape index (κ3) is 5.43. The van der Waals surface area contributed by atoms with Gasteiger partial charge in [-0.2, -0.15) is 0 Å². The SMILES string of the molecule is C1=C(c2cccc(-c3nc(-c4ccccc4)c4sc5ccccc5c4n3)c2)c2c(n(-c3ccccc3)c3ccc(-c4ccc5c6ccccc6c6ccccc6c5c4)cc23)CC1. The second-order valence-corrected chi connectivity index (χ2v) is 17.4. The molecule has 0 saturated heterocycles. The average molecular weight is 808 g/mol. The normalized spacial score (nSPS) is 12.8. The first kappa shape index (κ1) is 35.1. The van der Waals surface area contributed by atoms with Gasteiger partial charge in [-0.3, -0.25) is 0 Å². The molecule has 13 rings (SSSR count). The minimum Gasteiger partial charge on any atom is -0.313 e. The standard InChI is InChI=1S/C58H37N3S/c1-3-15-36(16-4-1)55-57-56(48-25-11-12-28-53(48)62-57)60-58(59-55)40-18-13-17-39(33-40)42-26-14-27-52-54(42)50-35-38(30-32-51(50)61(52)41-19-5-2-6-20-41)37-29-31-47-45-23-8-7-21-43(45)44-22-9-10-24-46(44)49(47)34-37/h1-13,15-26,28-35H,14,27H2. The van der Waals surface area contributed by atoms with Gasteiger partial charge in [0, 0.05) is 43.5 Å². The zero-order chi connectivity index (χ0) is 40.7. The molecular formula is C58H37N3S. The fraction of sp³-hybridized carbons (Fsp3) is 0.0345. The lowest BCUT2D eigenvalue weighted by atomic mass is 9.87. The van der Waals surface area contributed by atoms with Gasteiger partial charge < -0.3 is 4.57 Å². The molecule has 0 N–H and O–H groups in total. The number of nitrogens with zero attached hydrogens (tertiary/aromatic N) is 3. The predicted molar refractivity (Wildman–Crippen MR) is 262 cm³/mol. The van der Waals surface area contributed by atoms with Crippen molar-refractivity contribution in [2.24, 2.45) is 0 Å². The van der Waals surface area contributed by atoms with Crippen LogP contribution in [0.2, 0.25) is 0 Å². The highest BCUT2D eigenvalue weighted by Crippen LogP contribution is 2.45. The van der Waals surface area contributed by atoms with E-state index in [9.17, 15) is 0 Å². The maximum atomic E-state index is 5.34. The second-order valence-electron chi connectivity index (χ2n) is 16.4. The molecule has 0 spiro atoms. The lowest BCUT2D eigenvalue weighted by Crippen LogP contribution is -2.06. The summed E-state index contributed by atoms with van der Waals surface area (Å²) in [5, 5.41) is 10.2. The van der Waals surface area contributed by atoms with E-state index in [-0.39, 0.29) is 0 Å². The van der Waals surface area contributed by atoms with Gasteiger partial charge in [0.05, 0.1) is 21.4 Å². The first-order chi connectivity index (χ1) is 30.7. The summed E-state index contributed by atoms with van der Waals surface area (Å²) in [5.41, 5.74) is 14.0. The van der Waals surface area contributed by atoms with Gasteiger partial charge in [0.25, 0.3) is 0 Å². The zero-order valence-corrected chi connectivity index (χ0v) is 34.5. The minimum absolute atomic E-state index is 0.740. The molecule has 4 heteroatoms. The van der Waals surface area contributed by atoms with E-state index in [1.54, 1.807) is 11.3 Å². The Balaban J connectivity index is 0.997. The fourth-order valence-electron chi connectivity index (χ4n) is 10.1. The molecule has 3 nitrogen and oxygen atoms in total. The van der Waals surface area contributed by atoms with Crippen LogP contribution in [0.1, 0.15) is 23.2 Å². The van der Waals surface area contributed by atoms with Crippen molar-refractivity contribution in [1.82, 2.24) is 14.5 Å². The van der Waals surface area contributed by atoms with Crippen molar-refractivity contribution in [3.63, 3.8) is 0 Å². The molecule has 62 heavy (non-hydrogen) atoms. The van der Waals surface area contributed by atoms with Gasteiger partial charge in [0.15, 0.2) is 5.82 Å². The number of benzene rings is 9. The Bertz CT molecular complexity index is 3760. The van der Waals surface area contributed by atoms with Gasteiger partial charge >= 0.3 is 0 Å². The number of rotatable bonds is 5. The van der Waals surface area contributed by atoms with Gasteiger partial charge in [-0.15, -0.1) is 11.3 Å². The summed E-state index contributed by atoms with van der Waals surface area (Å²) >= 11 is 1.77. The van der Waals surface area contributed by atoms with Gasteiger partial charge in [-0.05, 0) is 110 Å². The van der Waals surface area contributed by atoms with Crippen LogP contribution in [0.3, 0.4) is 0 Å². The van der Waals surface area contributed by atoms with E-state index in [2.05, 4.69) is 205 Å². The first-order valence-electron chi connectivity index (χ1n) is 21.4. The Morgan fingerprint density at radius 3 is 1.79 bits per heavy atom. The molecule has 0 radical (unpaired) electrons. The van der Waals surface area contributed by atoms with Crippen molar-refractivity contribution < 1.29 is 0 Å². The second kappa shape index (κ2) is 14.0. The van der Waals surface area contributed by atoms with E-state index in [1.807, 2.05) is 0 Å². The van der Waals surface area contributed by atoms with Crippen LogP contribution in [0.25, 0.3) is 109 Å². The van der Waals surface area contributed by atoms with Crippen LogP contribution in [0.5, 0.6) is 0 Å². The number of hydrogen-bond acceptors (Lipinski definition) is 3. The molecule has 9 aromatic carbocycles. The molecule has 1 aliphatic rings. The van der Waals surface area contributed by atoms with E-state index in [0.717, 1.165) is 45.7 Å². The minimum atomic E-state index is 0.740. The van der Waals surface area contributed by atoms with Gasteiger partial charge in [-0.1, -0.05) is 158 Å². The van der Waals surface area contributed by atoms with E-state index in [0.29, 0.717) is 0 Å². The van der Waals surface area contributed by atoms with E-state index in [1.165, 1.54) is 92.5 Å². The number of fused-ring (bicyclic) bond motifs is 12. The molecule has 0 aliphatic heterocycles. The summed E-state index contributed by atoms with van der Waals surface area (Å²) in [6.07, 6.45) is 4.36. The third-order valence-electron chi connectivity index (χ3n) is 12.9. The Hall–Kier alpha value is -7.66. The van der Waals surface area contributed by atoms with E-state index >= 15 is 0 Å². The van der Waals surface area contributed by atoms with Crippen LogP contribution in [0, 0.1) is 0 Å². The Kier molecular flexibility index (Phi) is 7.91. The zero-order valence-electron chi connectivity index (χ0n) is 33.7. The molecule has 0 amide bonds. The predicted octanol–water partition coefficient (Wildman–Crippen LogP) is 15.6. The highest BCUT2D eigenvalue weighted by Gasteiger charge is 2.26. The van der Waals surface area contributed by atoms with Crippen LogP contribution < -0.4 is 0 Å². The fourth-order valence-corrected chi connectivity index (χ4v) is 11.2. The van der Waals surface area contributed by atoms with Gasteiger partial charge in [0.2, 0.25) is 0 Å². The molecular weight excluding hydrogens is 771 g/mol. The summed E-state index contributed by atoms with van der Waals surface area (Å²) in [7, 11) is 0. The summed E-state index contributed by atoms with van der Waals surface area (Å²) in [5.74, 6) is 0.740. The molecule has 3 aromatic heterocycles. The maximum absolute atomic E-state index is 5.34. The van der Waals surface area contributed by atoms with Crippen molar-refractivity contribution in [2.45, 2.75) is 12.8 Å². The summed E-state index contributed by atoms with van der Waals surface area (Å²) in [4.78, 5) is 10.7. The number of para-hydroxylation sites is 1. The van der Waals surface area contributed by atoms with E-state index in [4.69, 9.17) is 9.97 Å².